The molecule has 1 unspecified atom stereocenters. The molecule has 0 amide bonds. The third kappa shape index (κ3) is 4.54. The lowest BCUT2D eigenvalue weighted by Gasteiger charge is -2.36. The van der Waals surface area contributed by atoms with Gasteiger partial charge in [-0.3, -0.25) is 10.2 Å². The molecule has 0 saturated carbocycles. The van der Waals surface area contributed by atoms with E-state index in [0.29, 0.717) is 6.61 Å². The molecule has 0 spiro atoms. The van der Waals surface area contributed by atoms with Gasteiger partial charge in [-0.05, 0) is 27.7 Å². The molecule has 0 aromatic carbocycles. The quantitative estimate of drug-likeness (QED) is 0.420. The predicted molar refractivity (Wildman–Crippen MR) is 49.6 cm³/mol. The minimum Gasteiger partial charge on any atom is -0.389 e. The Morgan fingerprint density at radius 2 is 1.92 bits per heavy atom. The van der Waals surface area contributed by atoms with Gasteiger partial charge >= 0.3 is 0 Å². The molecule has 80 valence electrons. The first-order chi connectivity index (χ1) is 5.89. The molecule has 0 aromatic rings. The molecule has 0 heterocycles. The molecule has 0 aliphatic rings. The van der Waals surface area contributed by atoms with Gasteiger partial charge in [-0.1, -0.05) is 0 Å². The fourth-order valence-electron chi connectivity index (χ4n) is 1.03. The van der Waals surface area contributed by atoms with E-state index in [9.17, 15) is 0 Å². The third-order valence-corrected chi connectivity index (χ3v) is 1.34. The van der Waals surface area contributed by atoms with Crippen molar-refractivity contribution in [1.29, 1.82) is 0 Å². The zero-order chi connectivity index (χ0) is 10.5. The van der Waals surface area contributed by atoms with Crippen LogP contribution in [0.25, 0.3) is 0 Å². The fourth-order valence-corrected chi connectivity index (χ4v) is 1.03. The first-order valence-electron chi connectivity index (χ1n) is 4.31. The average Bonchev–Trinajstić information content (AvgIpc) is 2.01. The first-order valence-corrected chi connectivity index (χ1v) is 4.31. The Morgan fingerprint density at radius 1 is 1.38 bits per heavy atom. The molecule has 13 heavy (non-hydrogen) atoms. The van der Waals surface area contributed by atoms with Crippen LogP contribution in [0.1, 0.15) is 27.7 Å². The van der Waals surface area contributed by atoms with Crippen molar-refractivity contribution in [2.45, 2.75) is 39.1 Å². The summed E-state index contributed by atoms with van der Waals surface area (Å²) in [6, 6.07) is 0. The van der Waals surface area contributed by atoms with Crippen LogP contribution in [-0.2, 0) is 9.57 Å². The fraction of sp³-hybridized carbons (Fsp3) is 1.00. The SMILES string of the molecule is CCOC(CO)(NC(C)(C)C)ON. The number of nitrogens with two attached hydrogens (primary N) is 1. The highest BCUT2D eigenvalue weighted by atomic mass is 16.8. The number of aliphatic hydroxyl groups is 1. The Balaban J connectivity index is 4.38. The van der Waals surface area contributed by atoms with Gasteiger partial charge in [0, 0.05) is 12.1 Å². The van der Waals surface area contributed by atoms with Gasteiger partial charge in [0.1, 0.15) is 6.61 Å². The number of ether oxygens (including phenoxy) is 1. The minimum absolute atomic E-state index is 0.253. The highest BCUT2D eigenvalue weighted by Crippen LogP contribution is 2.12. The van der Waals surface area contributed by atoms with E-state index in [-0.39, 0.29) is 12.1 Å². The monoisotopic (exact) mass is 192 g/mol. The molecule has 1 atom stereocenters. The van der Waals surface area contributed by atoms with Crippen molar-refractivity contribution < 1.29 is 14.7 Å². The van der Waals surface area contributed by atoms with E-state index in [0.717, 1.165) is 0 Å². The Morgan fingerprint density at radius 3 is 2.15 bits per heavy atom. The number of rotatable bonds is 5. The standard InChI is InChI=1S/C8H20N2O3/c1-5-12-8(6-11,13-9)10-7(2,3)4/h10-11H,5-6,9H2,1-4H3. The molecule has 0 bridgehead atoms. The second kappa shape index (κ2) is 4.88. The maximum Gasteiger partial charge on any atom is 0.268 e. The first kappa shape index (κ1) is 12.8. The number of aliphatic hydroxyl groups excluding tert-OH is 1. The van der Waals surface area contributed by atoms with E-state index < -0.39 is 5.91 Å². The molecule has 4 N–H and O–H groups in total. The Bertz CT molecular complexity index is 141. The maximum absolute atomic E-state index is 9.08. The number of hydrogen-bond donors (Lipinski definition) is 3. The summed E-state index contributed by atoms with van der Waals surface area (Å²) in [6.45, 7) is 7.64. The summed E-state index contributed by atoms with van der Waals surface area (Å²) in [7, 11) is 0. The number of nitrogens with one attached hydrogen (secondary N) is 1. The van der Waals surface area contributed by atoms with E-state index in [4.69, 9.17) is 15.7 Å². The van der Waals surface area contributed by atoms with Gasteiger partial charge in [0.2, 0.25) is 0 Å². The molecule has 0 aliphatic carbocycles. The summed E-state index contributed by atoms with van der Waals surface area (Å²) in [6.07, 6.45) is 0. The molecule has 0 aliphatic heterocycles. The summed E-state index contributed by atoms with van der Waals surface area (Å²) in [5, 5.41) is 12.0. The van der Waals surface area contributed by atoms with Crippen LogP contribution >= 0.6 is 0 Å². The summed E-state index contributed by atoms with van der Waals surface area (Å²) < 4.78 is 5.20. The van der Waals surface area contributed by atoms with Crippen molar-refractivity contribution in [3.8, 4) is 0 Å². The molecule has 0 aromatic heterocycles. The predicted octanol–water partition coefficient (Wildman–Crippen LogP) is -0.0526. The molecular formula is C8H20N2O3. The normalized spacial score (nSPS) is 17.1. The van der Waals surface area contributed by atoms with Crippen molar-refractivity contribution >= 4 is 0 Å². The van der Waals surface area contributed by atoms with Gasteiger partial charge in [-0.15, -0.1) is 0 Å². The van der Waals surface area contributed by atoms with Crippen LogP contribution < -0.4 is 11.2 Å². The maximum atomic E-state index is 9.08. The number of hydrogen-bond acceptors (Lipinski definition) is 5. The molecule has 0 saturated heterocycles. The molecule has 5 heteroatoms. The average molecular weight is 192 g/mol. The Kier molecular flexibility index (Phi) is 4.80. The van der Waals surface area contributed by atoms with Gasteiger partial charge in [-0.25, -0.2) is 5.90 Å². The topological polar surface area (TPSA) is 76.7 Å². The van der Waals surface area contributed by atoms with Gasteiger partial charge < -0.3 is 9.84 Å². The summed E-state index contributed by atoms with van der Waals surface area (Å²) in [4.78, 5) is 4.62. The molecular weight excluding hydrogens is 172 g/mol. The van der Waals surface area contributed by atoms with E-state index >= 15 is 0 Å². The second-order valence-corrected chi connectivity index (χ2v) is 3.84. The smallest absolute Gasteiger partial charge is 0.268 e. The lowest BCUT2D eigenvalue weighted by Crippen LogP contribution is -2.61. The van der Waals surface area contributed by atoms with Crippen molar-refractivity contribution in [3.63, 3.8) is 0 Å². The van der Waals surface area contributed by atoms with Crippen LogP contribution in [0, 0.1) is 0 Å². The summed E-state index contributed by atoms with van der Waals surface area (Å²) in [5.74, 6) is 3.77. The van der Waals surface area contributed by atoms with Gasteiger partial charge in [0.15, 0.2) is 0 Å². The Labute approximate surface area is 79.2 Å². The van der Waals surface area contributed by atoms with Crippen LogP contribution in [0.15, 0.2) is 0 Å². The highest BCUT2D eigenvalue weighted by molar-refractivity contribution is 4.77. The van der Waals surface area contributed by atoms with Crippen LogP contribution in [-0.4, -0.2) is 29.8 Å². The van der Waals surface area contributed by atoms with E-state index in [1.54, 1.807) is 6.92 Å². The molecule has 0 fully saturated rings. The molecule has 0 rings (SSSR count). The lowest BCUT2D eigenvalue weighted by atomic mass is 10.1. The van der Waals surface area contributed by atoms with Gasteiger partial charge in [0.05, 0.1) is 0 Å². The molecule has 5 nitrogen and oxygen atoms in total. The highest BCUT2D eigenvalue weighted by Gasteiger charge is 2.34. The van der Waals surface area contributed by atoms with Crippen LogP contribution in [0.5, 0.6) is 0 Å². The van der Waals surface area contributed by atoms with Crippen molar-refractivity contribution in [3.05, 3.63) is 0 Å². The second-order valence-electron chi connectivity index (χ2n) is 3.84. The van der Waals surface area contributed by atoms with Crippen LogP contribution in [0.2, 0.25) is 0 Å². The minimum atomic E-state index is -1.30. The van der Waals surface area contributed by atoms with Crippen LogP contribution in [0.3, 0.4) is 0 Å². The van der Waals surface area contributed by atoms with E-state index in [2.05, 4.69) is 10.2 Å². The van der Waals surface area contributed by atoms with E-state index in [1.165, 1.54) is 0 Å². The molecule has 0 radical (unpaired) electrons. The van der Waals surface area contributed by atoms with Crippen LogP contribution in [0.4, 0.5) is 0 Å². The van der Waals surface area contributed by atoms with Gasteiger partial charge in [0.25, 0.3) is 5.91 Å². The Hall–Kier alpha value is -0.200. The van der Waals surface area contributed by atoms with Crippen molar-refractivity contribution in [2.24, 2.45) is 5.90 Å². The largest absolute Gasteiger partial charge is 0.389 e. The summed E-state index contributed by atoms with van der Waals surface area (Å²) >= 11 is 0. The summed E-state index contributed by atoms with van der Waals surface area (Å²) in [5.41, 5.74) is -0.253. The van der Waals surface area contributed by atoms with Crippen molar-refractivity contribution in [1.82, 2.24) is 5.32 Å². The third-order valence-electron chi connectivity index (χ3n) is 1.34. The van der Waals surface area contributed by atoms with E-state index in [1.807, 2.05) is 20.8 Å². The zero-order valence-electron chi connectivity index (χ0n) is 8.76. The lowest BCUT2D eigenvalue weighted by molar-refractivity contribution is -0.282. The van der Waals surface area contributed by atoms with Crippen molar-refractivity contribution in [2.75, 3.05) is 13.2 Å². The zero-order valence-corrected chi connectivity index (χ0v) is 8.76. The van der Waals surface area contributed by atoms with Gasteiger partial charge in [-0.2, -0.15) is 0 Å².